The van der Waals surface area contributed by atoms with Gasteiger partial charge in [-0.15, -0.1) is 0 Å². The Morgan fingerprint density at radius 1 is 0.533 bits per heavy atom. The summed E-state index contributed by atoms with van der Waals surface area (Å²) < 4.78 is 0. The van der Waals surface area contributed by atoms with Crippen LogP contribution in [0.5, 0.6) is 0 Å². The minimum Gasteiger partial charge on any atom is -0.293 e. The van der Waals surface area contributed by atoms with Crippen LogP contribution in [0.15, 0.2) is 72.8 Å². The van der Waals surface area contributed by atoms with Crippen LogP contribution >= 0.6 is 11.6 Å². The van der Waals surface area contributed by atoms with Crippen molar-refractivity contribution in [2.24, 2.45) is 11.8 Å². The van der Waals surface area contributed by atoms with Crippen LogP contribution in [0.1, 0.15) is 52.9 Å². The van der Waals surface area contributed by atoms with E-state index in [-0.39, 0.29) is 23.1 Å². The summed E-state index contributed by atoms with van der Waals surface area (Å²) in [5.41, 5.74) is 1.91. The molecule has 0 saturated carbocycles. The van der Waals surface area contributed by atoms with E-state index < -0.39 is 17.8 Å². The lowest BCUT2D eigenvalue weighted by molar-refractivity contribution is 0.0729. The van der Waals surface area contributed by atoms with Crippen LogP contribution in [-0.4, -0.2) is 23.1 Å². The molecule has 0 bridgehead atoms. The molecule has 0 atom stereocenters. The zero-order chi connectivity index (χ0) is 21.0. The summed E-state index contributed by atoms with van der Waals surface area (Å²) in [6.45, 7) is 0. The monoisotopic (exact) mass is 414 g/mol. The van der Waals surface area contributed by atoms with Crippen LogP contribution in [0.2, 0.25) is 5.02 Å². The number of hydrogen-bond acceptors (Lipinski definition) is 4. The zero-order valence-electron chi connectivity index (χ0n) is 15.7. The summed E-state index contributed by atoms with van der Waals surface area (Å²) in [5.74, 6) is -4.58. The molecule has 5 heteroatoms. The molecule has 146 valence electrons. The molecule has 3 aromatic rings. The fourth-order valence-electron chi connectivity index (χ4n) is 4.65. The lowest BCUT2D eigenvalue weighted by Crippen LogP contribution is -2.34. The van der Waals surface area contributed by atoms with Crippen LogP contribution in [0.4, 0.5) is 0 Å². The number of halogens is 1. The van der Waals surface area contributed by atoms with Gasteiger partial charge in [-0.25, -0.2) is 0 Å². The van der Waals surface area contributed by atoms with Crippen molar-refractivity contribution >= 4 is 34.7 Å². The Morgan fingerprint density at radius 3 is 1.20 bits per heavy atom. The van der Waals surface area contributed by atoms with Gasteiger partial charge in [0.15, 0.2) is 23.1 Å². The fourth-order valence-corrected chi connectivity index (χ4v) is 4.77. The van der Waals surface area contributed by atoms with E-state index >= 15 is 0 Å². The first-order chi connectivity index (χ1) is 14.5. The van der Waals surface area contributed by atoms with Crippen molar-refractivity contribution in [3.63, 3.8) is 0 Å². The van der Waals surface area contributed by atoms with Gasteiger partial charge in [0.1, 0.15) is 0 Å². The first-order valence-electron chi connectivity index (χ1n) is 9.59. The minimum absolute atomic E-state index is 0.335. The largest absolute Gasteiger partial charge is 0.293 e. The number of fused-ring (bicyclic) bond motifs is 2. The molecule has 0 unspecified atom stereocenters. The summed E-state index contributed by atoms with van der Waals surface area (Å²) in [5, 5.41) is 0.484. The lowest BCUT2D eigenvalue weighted by atomic mass is 9.72. The Bertz CT molecular complexity index is 1100. The van der Waals surface area contributed by atoms with Gasteiger partial charge >= 0.3 is 0 Å². The molecule has 2 aliphatic rings. The second-order valence-electron chi connectivity index (χ2n) is 7.58. The molecule has 0 radical (unpaired) electrons. The Labute approximate surface area is 177 Å². The van der Waals surface area contributed by atoms with Crippen molar-refractivity contribution in [1.82, 2.24) is 0 Å². The van der Waals surface area contributed by atoms with Gasteiger partial charge in [-0.3, -0.25) is 19.2 Å². The van der Waals surface area contributed by atoms with Crippen LogP contribution in [-0.2, 0) is 0 Å². The molecule has 0 N–H and O–H groups in total. The summed E-state index contributed by atoms with van der Waals surface area (Å²) in [4.78, 5) is 53.0. The third-order valence-electron chi connectivity index (χ3n) is 6.02. The first-order valence-corrected chi connectivity index (χ1v) is 9.97. The maximum absolute atomic E-state index is 13.3. The molecule has 0 fully saturated rings. The second kappa shape index (κ2) is 6.85. The predicted molar refractivity (Wildman–Crippen MR) is 111 cm³/mol. The maximum Gasteiger partial charge on any atom is 0.175 e. The molecule has 5 rings (SSSR count). The van der Waals surface area contributed by atoms with E-state index in [4.69, 9.17) is 11.6 Å². The molecule has 30 heavy (non-hydrogen) atoms. The standard InChI is InChI=1S/C25H15ClO4/c26-14-11-9-13(10-12-14)19(20-22(27)15-5-1-2-6-16(15)23(20)28)21-24(29)17-7-3-4-8-18(17)25(21)30/h1-12,19-21H. The highest BCUT2D eigenvalue weighted by molar-refractivity contribution is 6.31. The Balaban J connectivity index is 1.68. The van der Waals surface area contributed by atoms with Crippen LogP contribution in [0.3, 0.4) is 0 Å². The molecule has 0 amide bonds. The zero-order valence-corrected chi connectivity index (χ0v) is 16.4. The average molecular weight is 415 g/mol. The number of Topliss-reactive ketones (excluding diaryl/α,β-unsaturated/α-hetero) is 4. The topological polar surface area (TPSA) is 68.3 Å². The van der Waals surface area contributed by atoms with Crippen molar-refractivity contribution in [3.05, 3.63) is 106 Å². The van der Waals surface area contributed by atoms with Crippen molar-refractivity contribution in [3.8, 4) is 0 Å². The van der Waals surface area contributed by atoms with Crippen molar-refractivity contribution in [1.29, 1.82) is 0 Å². The van der Waals surface area contributed by atoms with Gasteiger partial charge in [0.05, 0.1) is 11.8 Å². The maximum atomic E-state index is 13.3. The summed E-state index contributed by atoms with van der Waals surface area (Å²) >= 11 is 6.03. The highest BCUT2D eigenvalue weighted by Gasteiger charge is 2.52. The van der Waals surface area contributed by atoms with Gasteiger partial charge in [0.2, 0.25) is 0 Å². The Morgan fingerprint density at radius 2 is 0.867 bits per heavy atom. The molecule has 4 nitrogen and oxygen atoms in total. The molecule has 0 spiro atoms. The van der Waals surface area contributed by atoms with E-state index in [1.54, 1.807) is 72.8 Å². The molecule has 2 aliphatic carbocycles. The van der Waals surface area contributed by atoms with E-state index in [2.05, 4.69) is 0 Å². The van der Waals surface area contributed by atoms with Crippen LogP contribution < -0.4 is 0 Å². The van der Waals surface area contributed by atoms with Crippen LogP contribution in [0, 0.1) is 11.8 Å². The van der Waals surface area contributed by atoms with Crippen LogP contribution in [0.25, 0.3) is 0 Å². The van der Waals surface area contributed by atoms with Gasteiger partial charge in [0, 0.05) is 33.2 Å². The van der Waals surface area contributed by atoms with E-state index in [1.807, 2.05) is 0 Å². The summed E-state index contributed by atoms with van der Waals surface area (Å²) in [7, 11) is 0. The molecular formula is C25H15ClO4. The predicted octanol–water partition coefficient (Wildman–Crippen LogP) is 4.81. The van der Waals surface area contributed by atoms with Gasteiger partial charge in [-0.2, -0.15) is 0 Å². The average Bonchev–Trinajstić information content (AvgIpc) is 3.17. The fraction of sp³-hybridized carbons (Fsp3) is 0.120. The number of ketones is 4. The van der Waals surface area contributed by atoms with E-state index in [0.717, 1.165) is 0 Å². The summed E-state index contributed by atoms with van der Waals surface area (Å²) in [6.07, 6.45) is 0. The third kappa shape index (κ3) is 2.61. The third-order valence-corrected chi connectivity index (χ3v) is 6.27. The minimum atomic E-state index is -1.13. The van der Waals surface area contributed by atoms with Gasteiger partial charge in [-0.05, 0) is 17.7 Å². The number of hydrogen-bond donors (Lipinski definition) is 0. The lowest BCUT2D eigenvalue weighted by Gasteiger charge is -2.26. The van der Waals surface area contributed by atoms with E-state index in [1.165, 1.54) is 0 Å². The van der Waals surface area contributed by atoms with Crippen molar-refractivity contribution < 1.29 is 19.2 Å². The number of benzene rings is 3. The molecule has 0 saturated heterocycles. The highest BCUT2D eigenvalue weighted by atomic mass is 35.5. The van der Waals surface area contributed by atoms with Crippen molar-refractivity contribution in [2.75, 3.05) is 0 Å². The summed E-state index contributed by atoms with van der Waals surface area (Å²) in [6, 6.07) is 19.9. The van der Waals surface area contributed by atoms with E-state index in [0.29, 0.717) is 32.8 Å². The first kappa shape index (κ1) is 18.6. The quantitative estimate of drug-likeness (QED) is 0.576. The van der Waals surface area contributed by atoms with Gasteiger partial charge in [0.25, 0.3) is 0 Å². The smallest absolute Gasteiger partial charge is 0.175 e. The number of carbonyl (C=O) groups is 4. The molecular weight excluding hydrogens is 400 g/mol. The van der Waals surface area contributed by atoms with Gasteiger partial charge in [-0.1, -0.05) is 72.3 Å². The second-order valence-corrected chi connectivity index (χ2v) is 8.02. The number of rotatable bonds is 3. The number of carbonyl (C=O) groups excluding carboxylic acids is 4. The molecule has 0 aliphatic heterocycles. The SMILES string of the molecule is O=C1c2ccccc2C(=O)C1C(c1ccc(Cl)cc1)C1C(=O)c2ccccc2C1=O. The molecule has 0 heterocycles. The van der Waals surface area contributed by atoms with E-state index in [9.17, 15) is 19.2 Å². The molecule has 0 aromatic heterocycles. The Hall–Kier alpha value is -3.37. The van der Waals surface area contributed by atoms with Gasteiger partial charge < -0.3 is 0 Å². The van der Waals surface area contributed by atoms with Crippen molar-refractivity contribution in [2.45, 2.75) is 5.92 Å². The Kier molecular flexibility index (Phi) is 4.26. The highest BCUT2D eigenvalue weighted by Crippen LogP contribution is 2.45. The normalized spacial score (nSPS) is 16.5. The molecule has 3 aromatic carbocycles.